The first kappa shape index (κ1) is 19.8. The highest BCUT2D eigenvalue weighted by molar-refractivity contribution is 6.31. The van der Waals surface area contributed by atoms with Crippen molar-refractivity contribution in [3.8, 4) is 16.9 Å². The van der Waals surface area contributed by atoms with Gasteiger partial charge >= 0.3 is 12.1 Å². The summed E-state index contributed by atoms with van der Waals surface area (Å²) in [6.45, 7) is 0.116. The van der Waals surface area contributed by atoms with Crippen LogP contribution in [0.1, 0.15) is 27.4 Å². The van der Waals surface area contributed by atoms with Gasteiger partial charge in [0.2, 0.25) is 0 Å². The second-order valence-corrected chi connectivity index (χ2v) is 7.23. The van der Waals surface area contributed by atoms with Crippen LogP contribution < -0.4 is 5.32 Å². The zero-order valence-corrected chi connectivity index (χ0v) is 16.8. The number of methoxy groups -OCH3 is 1. The Hall–Kier alpha value is -3.51. The molecule has 3 aromatic rings. The Bertz CT molecular complexity index is 1100. The molecule has 7 heteroatoms. The summed E-state index contributed by atoms with van der Waals surface area (Å²) in [6, 6.07) is 18.6. The largest absolute Gasteiger partial charge is 0.505 e. The molecule has 0 unspecified atom stereocenters. The van der Waals surface area contributed by atoms with Gasteiger partial charge in [0.05, 0.1) is 12.8 Å². The molecule has 4 rings (SSSR count). The molecule has 0 fully saturated rings. The summed E-state index contributed by atoms with van der Waals surface area (Å²) in [5.74, 6) is -1.31. The maximum Gasteiger partial charge on any atom is 0.411 e. The molecule has 0 bridgehead atoms. The number of anilines is 1. The van der Waals surface area contributed by atoms with E-state index >= 15 is 0 Å². The Kier molecular flexibility index (Phi) is 5.33. The monoisotopic (exact) mass is 423 g/mol. The third kappa shape index (κ3) is 3.57. The average molecular weight is 424 g/mol. The fourth-order valence-corrected chi connectivity index (χ4v) is 3.92. The van der Waals surface area contributed by atoms with E-state index < -0.39 is 17.8 Å². The van der Waals surface area contributed by atoms with Crippen LogP contribution in [0, 0.1) is 0 Å². The predicted octanol–water partition coefficient (Wildman–Crippen LogP) is 5.19. The number of esters is 1. The van der Waals surface area contributed by atoms with Crippen LogP contribution >= 0.6 is 11.6 Å². The Labute approximate surface area is 178 Å². The van der Waals surface area contributed by atoms with Crippen molar-refractivity contribution >= 4 is 29.4 Å². The number of amides is 1. The number of phenolic OH excluding ortho intramolecular Hbond substituents is 1. The summed E-state index contributed by atoms with van der Waals surface area (Å²) in [6.07, 6.45) is -0.773. The van der Waals surface area contributed by atoms with Crippen molar-refractivity contribution in [2.45, 2.75) is 5.92 Å². The lowest BCUT2D eigenvalue weighted by Crippen LogP contribution is -2.18. The van der Waals surface area contributed by atoms with Crippen LogP contribution in [0.2, 0.25) is 5.02 Å². The second kappa shape index (κ2) is 8.08. The number of benzene rings is 3. The van der Waals surface area contributed by atoms with Gasteiger partial charge < -0.3 is 14.6 Å². The molecule has 152 valence electrons. The van der Waals surface area contributed by atoms with Crippen LogP contribution in [-0.4, -0.2) is 30.9 Å². The van der Waals surface area contributed by atoms with E-state index in [1.54, 1.807) is 0 Å². The Morgan fingerprint density at radius 3 is 2.23 bits per heavy atom. The summed E-state index contributed by atoms with van der Waals surface area (Å²) in [5.41, 5.74) is 4.23. The number of rotatable bonds is 4. The number of aromatic hydroxyl groups is 1. The van der Waals surface area contributed by atoms with Gasteiger partial charge in [0, 0.05) is 10.9 Å². The van der Waals surface area contributed by atoms with Gasteiger partial charge in [-0.05, 0) is 34.4 Å². The smallest absolute Gasteiger partial charge is 0.411 e. The lowest BCUT2D eigenvalue weighted by Gasteiger charge is -2.15. The lowest BCUT2D eigenvalue weighted by molar-refractivity contribution is 0.0597. The summed E-state index contributed by atoms with van der Waals surface area (Å²) in [7, 11) is 1.18. The normalized spacial score (nSPS) is 12.1. The van der Waals surface area contributed by atoms with Gasteiger partial charge in [0.25, 0.3) is 0 Å². The SMILES string of the molecule is COC(=O)c1cc(Cl)cc(NC(=O)OCC2c3ccccc3-c3ccccc32)c1O. The Balaban J connectivity index is 1.52. The number of nitrogens with one attached hydrogen (secondary N) is 1. The molecule has 0 radical (unpaired) electrons. The van der Waals surface area contributed by atoms with Crippen LogP contribution in [0.25, 0.3) is 11.1 Å². The molecule has 0 heterocycles. The van der Waals surface area contributed by atoms with Gasteiger partial charge in [-0.1, -0.05) is 60.1 Å². The third-order valence-corrected chi connectivity index (χ3v) is 5.28. The van der Waals surface area contributed by atoms with Crippen molar-refractivity contribution in [3.63, 3.8) is 0 Å². The number of fused-ring (bicyclic) bond motifs is 3. The summed E-state index contributed by atoms with van der Waals surface area (Å²) >= 11 is 5.99. The molecule has 1 amide bonds. The molecule has 0 aromatic heterocycles. The minimum absolute atomic E-state index is 0.0416. The molecule has 0 spiro atoms. The van der Waals surface area contributed by atoms with Crippen molar-refractivity contribution < 1.29 is 24.2 Å². The quantitative estimate of drug-likeness (QED) is 0.445. The summed E-state index contributed by atoms with van der Waals surface area (Å²) in [4.78, 5) is 24.2. The van der Waals surface area contributed by atoms with Gasteiger partial charge in [-0.15, -0.1) is 0 Å². The van der Waals surface area contributed by atoms with E-state index in [1.165, 1.54) is 19.2 Å². The van der Waals surface area contributed by atoms with Crippen molar-refractivity contribution in [2.75, 3.05) is 19.0 Å². The highest BCUT2D eigenvalue weighted by atomic mass is 35.5. The van der Waals surface area contributed by atoms with Crippen LogP contribution in [0.5, 0.6) is 5.75 Å². The zero-order valence-electron chi connectivity index (χ0n) is 16.0. The molecule has 2 N–H and O–H groups in total. The molecule has 1 aliphatic rings. The first-order valence-electron chi connectivity index (χ1n) is 9.22. The number of carbonyl (C=O) groups is 2. The standard InChI is InChI=1S/C23H18ClNO5/c1-29-22(27)18-10-13(24)11-20(21(18)26)25-23(28)30-12-19-16-8-4-2-6-14(16)15-7-3-5-9-17(15)19/h2-11,19,26H,12H2,1H3,(H,25,28). The molecule has 0 saturated heterocycles. The van der Waals surface area contributed by atoms with Crippen LogP contribution in [0.4, 0.5) is 10.5 Å². The molecule has 0 atom stereocenters. The first-order chi connectivity index (χ1) is 14.5. The average Bonchev–Trinajstić information content (AvgIpc) is 3.08. The van der Waals surface area contributed by atoms with Crippen LogP contribution in [0.3, 0.4) is 0 Å². The number of halogens is 1. The number of phenols is 1. The van der Waals surface area contributed by atoms with Gasteiger partial charge in [-0.3, -0.25) is 5.32 Å². The Morgan fingerprint density at radius 1 is 1.03 bits per heavy atom. The van der Waals surface area contributed by atoms with E-state index in [4.69, 9.17) is 16.3 Å². The summed E-state index contributed by atoms with van der Waals surface area (Å²) in [5, 5.41) is 12.9. The fraction of sp³-hybridized carbons (Fsp3) is 0.130. The number of ether oxygens (including phenoxy) is 2. The molecule has 0 saturated carbocycles. The highest BCUT2D eigenvalue weighted by Gasteiger charge is 2.29. The van der Waals surface area contributed by atoms with Crippen molar-refractivity contribution in [2.24, 2.45) is 0 Å². The minimum Gasteiger partial charge on any atom is -0.505 e. The maximum absolute atomic E-state index is 12.4. The van der Waals surface area contributed by atoms with Gasteiger partial charge in [-0.2, -0.15) is 0 Å². The highest BCUT2D eigenvalue weighted by Crippen LogP contribution is 2.44. The maximum atomic E-state index is 12.4. The van der Waals surface area contributed by atoms with E-state index in [1.807, 2.05) is 48.5 Å². The van der Waals surface area contributed by atoms with E-state index in [0.717, 1.165) is 22.3 Å². The van der Waals surface area contributed by atoms with Crippen LogP contribution in [-0.2, 0) is 9.47 Å². The Morgan fingerprint density at radius 2 is 1.63 bits per heavy atom. The van der Waals surface area contributed by atoms with E-state index in [-0.39, 0.29) is 28.8 Å². The number of carbonyl (C=O) groups excluding carboxylic acids is 2. The van der Waals surface area contributed by atoms with E-state index in [0.29, 0.717) is 0 Å². The fourth-order valence-electron chi connectivity index (χ4n) is 3.70. The van der Waals surface area contributed by atoms with E-state index in [2.05, 4.69) is 10.1 Å². The van der Waals surface area contributed by atoms with Crippen LogP contribution in [0.15, 0.2) is 60.7 Å². The molecular formula is C23H18ClNO5. The minimum atomic E-state index is -0.773. The molecule has 0 aliphatic heterocycles. The molecular weight excluding hydrogens is 406 g/mol. The van der Waals surface area contributed by atoms with Crippen molar-refractivity contribution in [3.05, 3.63) is 82.4 Å². The third-order valence-electron chi connectivity index (χ3n) is 5.06. The topological polar surface area (TPSA) is 84.9 Å². The van der Waals surface area contributed by atoms with Crippen molar-refractivity contribution in [1.82, 2.24) is 0 Å². The predicted molar refractivity (Wildman–Crippen MR) is 113 cm³/mol. The van der Waals surface area contributed by atoms with Gasteiger partial charge in [0.15, 0.2) is 5.75 Å². The number of hydrogen-bond acceptors (Lipinski definition) is 5. The zero-order chi connectivity index (χ0) is 21.3. The number of hydrogen-bond donors (Lipinski definition) is 2. The van der Waals surface area contributed by atoms with Crippen molar-refractivity contribution in [1.29, 1.82) is 0 Å². The summed E-state index contributed by atoms with van der Waals surface area (Å²) < 4.78 is 10.1. The lowest BCUT2D eigenvalue weighted by atomic mass is 9.98. The molecule has 6 nitrogen and oxygen atoms in total. The van der Waals surface area contributed by atoms with E-state index in [9.17, 15) is 14.7 Å². The molecule has 30 heavy (non-hydrogen) atoms. The van der Waals surface area contributed by atoms with Gasteiger partial charge in [-0.25, -0.2) is 9.59 Å². The second-order valence-electron chi connectivity index (χ2n) is 6.79. The molecule has 1 aliphatic carbocycles. The first-order valence-corrected chi connectivity index (χ1v) is 9.60. The van der Waals surface area contributed by atoms with Gasteiger partial charge in [0.1, 0.15) is 12.2 Å². The molecule has 3 aromatic carbocycles.